The highest BCUT2D eigenvalue weighted by Gasteiger charge is 2.10. The number of aromatic nitrogens is 3. The summed E-state index contributed by atoms with van der Waals surface area (Å²) in [7, 11) is 0. The van der Waals surface area contributed by atoms with Crippen molar-refractivity contribution in [3.8, 4) is 0 Å². The molecular weight excluding hydrogens is 403 g/mol. The van der Waals surface area contributed by atoms with Crippen LogP contribution in [0.4, 0.5) is 10.1 Å². The number of benzene rings is 2. The molecule has 0 bridgehead atoms. The lowest BCUT2D eigenvalue weighted by molar-refractivity contribution is -0.116. The lowest BCUT2D eigenvalue weighted by Crippen LogP contribution is -2.28. The highest BCUT2D eigenvalue weighted by atomic mass is 32.2. The van der Waals surface area contributed by atoms with Gasteiger partial charge >= 0.3 is 0 Å². The number of nitrogens with zero attached hydrogens (tertiary/aromatic N) is 3. The molecule has 2 heterocycles. The van der Waals surface area contributed by atoms with Crippen LogP contribution in [0.3, 0.4) is 0 Å². The second-order valence-corrected chi connectivity index (χ2v) is 7.54. The molecule has 0 radical (unpaired) electrons. The molecule has 0 unspecified atom stereocenters. The highest BCUT2D eigenvalue weighted by molar-refractivity contribution is 7.98. The molecule has 0 aliphatic rings. The fourth-order valence-corrected chi connectivity index (χ4v) is 3.73. The molecule has 4 rings (SSSR count). The number of halogens is 1. The van der Waals surface area contributed by atoms with Crippen LogP contribution in [0.25, 0.3) is 10.9 Å². The van der Waals surface area contributed by atoms with Crippen molar-refractivity contribution in [2.24, 2.45) is 0 Å². The standard InChI is InChI=1S/C22H17FN4O2S/c23-16-7-8-19-18(11-16)22(29)27(14-25-19)12-20(28)26-17-5-3-4-15(10-17)13-30-21-6-1-2-9-24-21/h1-11,14H,12-13H2,(H,26,28). The van der Waals surface area contributed by atoms with Crippen LogP contribution in [-0.4, -0.2) is 20.4 Å². The lowest BCUT2D eigenvalue weighted by Gasteiger charge is -2.09. The quantitative estimate of drug-likeness (QED) is 0.480. The van der Waals surface area contributed by atoms with Gasteiger partial charge in [0.05, 0.1) is 22.3 Å². The zero-order valence-corrected chi connectivity index (χ0v) is 16.6. The molecule has 0 saturated heterocycles. The third-order valence-corrected chi connectivity index (χ3v) is 5.35. The molecule has 30 heavy (non-hydrogen) atoms. The molecule has 0 aliphatic heterocycles. The van der Waals surface area contributed by atoms with Crippen LogP contribution in [0.15, 0.2) is 83.0 Å². The van der Waals surface area contributed by atoms with Crippen molar-refractivity contribution >= 4 is 34.3 Å². The van der Waals surface area contributed by atoms with Crippen molar-refractivity contribution in [2.45, 2.75) is 17.3 Å². The molecule has 0 aliphatic carbocycles. The third kappa shape index (κ3) is 4.72. The van der Waals surface area contributed by atoms with Gasteiger partial charge in [-0.3, -0.25) is 14.2 Å². The maximum atomic E-state index is 13.4. The Morgan fingerprint density at radius 2 is 1.97 bits per heavy atom. The third-order valence-electron chi connectivity index (χ3n) is 4.34. The van der Waals surface area contributed by atoms with Gasteiger partial charge in [0.15, 0.2) is 0 Å². The van der Waals surface area contributed by atoms with Crippen LogP contribution in [0, 0.1) is 5.82 Å². The normalized spacial score (nSPS) is 10.8. The molecule has 2 aromatic heterocycles. The number of hydrogen-bond donors (Lipinski definition) is 1. The van der Waals surface area contributed by atoms with Gasteiger partial charge in [-0.25, -0.2) is 14.4 Å². The predicted molar refractivity (Wildman–Crippen MR) is 115 cm³/mol. The molecule has 6 nitrogen and oxygen atoms in total. The van der Waals surface area contributed by atoms with Gasteiger partial charge in [0.1, 0.15) is 12.4 Å². The van der Waals surface area contributed by atoms with Gasteiger partial charge in [-0.2, -0.15) is 0 Å². The van der Waals surface area contributed by atoms with E-state index >= 15 is 0 Å². The van der Waals surface area contributed by atoms with Gasteiger partial charge in [-0.15, -0.1) is 11.8 Å². The van der Waals surface area contributed by atoms with Gasteiger partial charge in [0.2, 0.25) is 5.91 Å². The highest BCUT2D eigenvalue weighted by Crippen LogP contribution is 2.22. The van der Waals surface area contributed by atoms with E-state index in [1.54, 1.807) is 24.0 Å². The first-order valence-electron chi connectivity index (χ1n) is 9.16. The Balaban J connectivity index is 1.43. The van der Waals surface area contributed by atoms with Crippen LogP contribution >= 0.6 is 11.8 Å². The largest absolute Gasteiger partial charge is 0.325 e. The molecule has 0 fully saturated rings. The van der Waals surface area contributed by atoms with E-state index in [9.17, 15) is 14.0 Å². The summed E-state index contributed by atoms with van der Waals surface area (Å²) in [6.45, 7) is -0.217. The molecule has 150 valence electrons. The van der Waals surface area contributed by atoms with Gasteiger partial charge in [-0.1, -0.05) is 18.2 Å². The van der Waals surface area contributed by atoms with Crippen LogP contribution in [-0.2, 0) is 17.1 Å². The van der Waals surface area contributed by atoms with Crippen LogP contribution in [0.2, 0.25) is 0 Å². The smallest absolute Gasteiger partial charge is 0.261 e. The molecule has 0 atom stereocenters. The Morgan fingerprint density at radius 3 is 2.80 bits per heavy atom. The molecule has 4 aromatic rings. The van der Waals surface area contributed by atoms with Gasteiger partial charge in [-0.05, 0) is 48.0 Å². The maximum Gasteiger partial charge on any atom is 0.261 e. The fourth-order valence-electron chi connectivity index (χ4n) is 2.93. The minimum absolute atomic E-state index is 0.138. The Hall–Kier alpha value is -3.52. The summed E-state index contributed by atoms with van der Waals surface area (Å²) >= 11 is 1.60. The number of carbonyl (C=O) groups excluding carboxylic acids is 1. The van der Waals surface area contributed by atoms with Crippen LogP contribution in [0.1, 0.15) is 5.56 Å². The van der Waals surface area contributed by atoms with Crippen molar-refractivity contribution < 1.29 is 9.18 Å². The van der Waals surface area contributed by atoms with Crippen molar-refractivity contribution in [1.82, 2.24) is 14.5 Å². The summed E-state index contributed by atoms with van der Waals surface area (Å²) in [5.41, 5.74) is 1.58. The van der Waals surface area contributed by atoms with E-state index < -0.39 is 11.4 Å². The van der Waals surface area contributed by atoms with E-state index in [4.69, 9.17) is 0 Å². The van der Waals surface area contributed by atoms with E-state index in [2.05, 4.69) is 15.3 Å². The second kappa shape index (κ2) is 8.87. The van der Waals surface area contributed by atoms with E-state index in [1.807, 2.05) is 36.4 Å². The van der Waals surface area contributed by atoms with E-state index in [-0.39, 0.29) is 17.8 Å². The number of anilines is 1. The number of thioether (sulfide) groups is 1. The van der Waals surface area contributed by atoms with E-state index in [0.717, 1.165) is 21.2 Å². The topological polar surface area (TPSA) is 76.9 Å². The molecule has 0 spiro atoms. The monoisotopic (exact) mass is 420 g/mol. The van der Waals surface area contributed by atoms with Gasteiger partial charge < -0.3 is 5.32 Å². The molecule has 0 saturated carbocycles. The zero-order valence-electron chi connectivity index (χ0n) is 15.8. The molecule has 2 aromatic carbocycles. The van der Waals surface area contributed by atoms with Crippen molar-refractivity contribution in [3.05, 3.63) is 94.9 Å². The lowest BCUT2D eigenvalue weighted by atomic mass is 10.2. The average molecular weight is 420 g/mol. The number of amides is 1. The van der Waals surface area contributed by atoms with Gasteiger partial charge in [0.25, 0.3) is 5.56 Å². The van der Waals surface area contributed by atoms with Crippen LogP contribution < -0.4 is 10.9 Å². The summed E-state index contributed by atoms with van der Waals surface area (Å²) < 4.78 is 14.6. The zero-order chi connectivity index (χ0) is 20.9. The minimum atomic E-state index is -0.524. The van der Waals surface area contributed by atoms with Crippen molar-refractivity contribution in [2.75, 3.05) is 5.32 Å². The van der Waals surface area contributed by atoms with E-state index in [1.165, 1.54) is 18.5 Å². The second-order valence-electron chi connectivity index (χ2n) is 6.54. The summed E-state index contributed by atoms with van der Waals surface area (Å²) in [6.07, 6.45) is 3.04. The number of hydrogen-bond acceptors (Lipinski definition) is 5. The molecule has 8 heteroatoms. The maximum absolute atomic E-state index is 13.4. The number of nitrogens with one attached hydrogen (secondary N) is 1. The first-order chi connectivity index (χ1) is 14.6. The number of fused-ring (bicyclic) bond motifs is 1. The van der Waals surface area contributed by atoms with Crippen molar-refractivity contribution in [3.63, 3.8) is 0 Å². The van der Waals surface area contributed by atoms with Gasteiger partial charge in [0, 0.05) is 17.6 Å². The number of rotatable bonds is 6. The first kappa shape index (κ1) is 19.8. The molecule has 1 N–H and O–H groups in total. The Morgan fingerprint density at radius 1 is 1.07 bits per heavy atom. The molecular formula is C22H17FN4O2S. The summed E-state index contributed by atoms with van der Waals surface area (Å²) in [5, 5.41) is 3.85. The summed E-state index contributed by atoms with van der Waals surface area (Å²) in [6, 6.07) is 17.0. The SMILES string of the molecule is O=C(Cn1cnc2ccc(F)cc2c1=O)Nc1cccc(CSc2ccccn2)c1. The Labute approximate surface area is 175 Å². The fraction of sp³-hybridized carbons (Fsp3) is 0.0909. The Bertz CT molecular complexity index is 1260. The first-order valence-corrected chi connectivity index (χ1v) is 10.1. The number of carbonyl (C=O) groups is 1. The minimum Gasteiger partial charge on any atom is -0.325 e. The Kier molecular flexibility index (Phi) is 5.85. The summed E-state index contributed by atoms with van der Waals surface area (Å²) in [5.74, 6) is -0.187. The average Bonchev–Trinajstić information content (AvgIpc) is 2.76. The van der Waals surface area contributed by atoms with Crippen molar-refractivity contribution in [1.29, 1.82) is 0 Å². The number of pyridine rings is 1. The van der Waals surface area contributed by atoms with Crippen LogP contribution in [0.5, 0.6) is 0 Å². The molecule has 1 amide bonds. The van der Waals surface area contributed by atoms with E-state index in [0.29, 0.717) is 17.0 Å². The predicted octanol–water partition coefficient (Wildman–Crippen LogP) is 3.86. The summed E-state index contributed by atoms with van der Waals surface area (Å²) in [4.78, 5) is 33.3.